The molecule has 5 nitrogen and oxygen atoms in total. The van der Waals surface area contributed by atoms with E-state index in [1.807, 2.05) is 12.1 Å². The molecule has 6 heteroatoms. The number of hydrogen-bond acceptors (Lipinski definition) is 5. The van der Waals surface area contributed by atoms with Crippen LogP contribution in [0.3, 0.4) is 0 Å². The van der Waals surface area contributed by atoms with Crippen molar-refractivity contribution in [1.82, 2.24) is 4.98 Å². The molecular weight excluding hydrogens is 265 g/mol. The molecule has 0 amide bonds. The zero-order valence-corrected chi connectivity index (χ0v) is 11.8. The number of nitrogens with zero attached hydrogens (tertiary/aromatic N) is 1. The minimum absolute atomic E-state index is 0.254. The maximum atomic E-state index is 12.3. The maximum absolute atomic E-state index is 12.3. The molecule has 2 aromatic rings. The van der Waals surface area contributed by atoms with E-state index in [0.717, 1.165) is 10.8 Å². The Balaban J connectivity index is 2.36. The molecular formula is C13H16NO4P. The lowest BCUT2D eigenvalue weighted by atomic mass is 10.2. The van der Waals surface area contributed by atoms with Gasteiger partial charge in [0.1, 0.15) is 5.75 Å². The number of pyridine rings is 1. The second kappa shape index (κ2) is 6.15. The molecule has 0 aliphatic carbocycles. The largest absolute Gasteiger partial charge is 0.530 e. The average molecular weight is 281 g/mol. The summed E-state index contributed by atoms with van der Waals surface area (Å²) < 4.78 is 28.1. The van der Waals surface area contributed by atoms with E-state index in [1.54, 1.807) is 38.4 Å². The van der Waals surface area contributed by atoms with Crippen LogP contribution in [0.4, 0.5) is 0 Å². The molecule has 2 rings (SSSR count). The molecule has 1 aromatic heterocycles. The Morgan fingerprint density at radius 1 is 1.16 bits per heavy atom. The van der Waals surface area contributed by atoms with Crippen molar-refractivity contribution in [2.45, 2.75) is 13.8 Å². The summed E-state index contributed by atoms with van der Waals surface area (Å²) in [7, 11) is -3.57. The van der Waals surface area contributed by atoms with Crippen molar-refractivity contribution < 1.29 is 18.1 Å². The van der Waals surface area contributed by atoms with Crippen LogP contribution in [0.15, 0.2) is 36.7 Å². The zero-order chi connectivity index (χ0) is 13.7. The van der Waals surface area contributed by atoms with Crippen molar-refractivity contribution in [3.05, 3.63) is 36.7 Å². The van der Waals surface area contributed by atoms with Gasteiger partial charge < -0.3 is 4.52 Å². The third kappa shape index (κ3) is 3.32. The molecule has 0 aliphatic heterocycles. The molecule has 102 valence electrons. The lowest BCUT2D eigenvalue weighted by molar-refractivity contribution is 0.168. The van der Waals surface area contributed by atoms with Gasteiger partial charge in [-0.3, -0.25) is 14.0 Å². The number of benzene rings is 1. The van der Waals surface area contributed by atoms with Gasteiger partial charge in [0.15, 0.2) is 0 Å². The van der Waals surface area contributed by atoms with Crippen LogP contribution in [-0.2, 0) is 13.6 Å². The van der Waals surface area contributed by atoms with E-state index in [9.17, 15) is 4.57 Å². The summed E-state index contributed by atoms with van der Waals surface area (Å²) >= 11 is 0. The van der Waals surface area contributed by atoms with Crippen molar-refractivity contribution in [2.24, 2.45) is 0 Å². The molecule has 1 heterocycles. The van der Waals surface area contributed by atoms with Crippen molar-refractivity contribution >= 4 is 18.6 Å². The smallest absolute Gasteiger partial charge is 0.403 e. The number of aromatic nitrogens is 1. The molecule has 0 fully saturated rings. The quantitative estimate of drug-likeness (QED) is 0.754. The first-order valence-corrected chi connectivity index (χ1v) is 7.56. The molecule has 0 N–H and O–H groups in total. The third-order valence-corrected chi connectivity index (χ3v) is 3.99. The Hall–Kier alpha value is -1.42. The van der Waals surface area contributed by atoms with Crippen LogP contribution in [0.1, 0.15) is 13.8 Å². The molecule has 0 spiro atoms. The number of hydrogen-bond donors (Lipinski definition) is 0. The third-order valence-electron chi connectivity index (χ3n) is 2.43. The van der Waals surface area contributed by atoms with E-state index in [2.05, 4.69) is 4.98 Å². The Bertz CT molecular complexity index is 587. The number of phosphoric acid groups is 1. The van der Waals surface area contributed by atoms with Crippen LogP contribution in [0.5, 0.6) is 5.75 Å². The van der Waals surface area contributed by atoms with Crippen LogP contribution in [0.2, 0.25) is 0 Å². The Kier molecular flexibility index (Phi) is 4.53. The maximum Gasteiger partial charge on any atom is 0.530 e. The molecule has 1 aromatic carbocycles. The van der Waals surface area contributed by atoms with E-state index in [1.165, 1.54) is 0 Å². The first kappa shape index (κ1) is 14.0. The van der Waals surface area contributed by atoms with Gasteiger partial charge in [0, 0.05) is 23.2 Å². The molecule has 0 radical (unpaired) electrons. The standard InChI is InChI=1S/C13H16NO4P/c1-3-16-19(15,17-4-2)18-13-7-5-6-11-10-14-9-8-12(11)13/h5-10H,3-4H2,1-2H3. The summed E-state index contributed by atoms with van der Waals surface area (Å²) in [6.45, 7) is 3.98. The van der Waals surface area contributed by atoms with E-state index in [4.69, 9.17) is 13.6 Å². The normalized spacial score (nSPS) is 11.7. The van der Waals surface area contributed by atoms with Gasteiger partial charge in [-0.1, -0.05) is 12.1 Å². The average Bonchev–Trinajstić information content (AvgIpc) is 2.39. The van der Waals surface area contributed by atoms with Gasteiger partial charge in [0.05, 0.1) is 13.2 Å². The predicted octanol–water partition coefficient (Wildman–Crippen LogP) is 3.79. The Morgan fingerprint density at radius 2 is 1.89 bits per heavy atom. The lowest BCUT2D eigenvalue weighted by Gasteiger charge is -2.18. The number of fused-ring (bicyclic) bond motifs is 1. The van der Waals surface area contributed by atoms with E-state index >= 15 is 0 Å². The highest BCUT2D eigenvalue weighted by Crippen LogP contribution is 2.50. The second-order valence-corrected chi connectivity index (χ2v) is 5.32. The Labute approximate surface area is 112 Å². The van der Waals surface area contributed by atoms with Crippen LogP contribution >= 0.6 is 7.82 Å². The fourth-order valence-corrected chi connectivity index (χ4v) is 2.91. The highest BCUT2D eigenvalue weighted by atomic mass is 31.2. The minimum Gasteiger partial charge on any atom is -0.403 e. The van der Waals surface area contributed by atoms with Gasteiger partial charge >= 0.3 is 7.82 Å². The van der Waals surface area contributed by atoms with E-state index < -0.39 is 7.82 Å². The van der Waals surface area contributed by atoms with Crippen LogP contribution in [-0.4, -0.2) is 18.2 Å². The van der Waals surface area contributed by atoms with E-state index in [-0.39, 0.29) is 13.2 Å². The van der Waals surface area contributed by atoms with Crippen molar-refractivity contribution in [3.63, 3.8) is 0 Å². The van der Waals surface area contributed by atoms with Crippen molar-refractivity contribution in [2.75, 3.05) is 13.2 Å². The zero-order valence-electron chi connectivity index (χ0n) is 10.9. The SMILES string of the molecule is CCOP(=O)(OCC)Oc1cccc2cnccc12. The lowest BCUT2D eigenvalue weighted by Crippen LogP contribution is -2.02. The van der Waals surface area contributed by atoms with Crippen molar-refractivity contribution in [1.29, 1.82) is 0 Å². The Morgan fingerprint density at radius 3 is 2.58 bits per heavy atom. The molecule has 0 aliphatic rings. The molecule has 19 heavy (non-hydrogen) atoms. The van der Waals surface area contributed by atoms with Gasteiger partial charge in [-0.15, -0.1) is 0 Å². The summed E-state index contributed by atoms with van der Waals surface area (Å²) in [5, 5.41) is 1.72. The van der Waals surface area contributed by atoms with Crippen LogP contribution < -0.4 is 4.52 Å². The number of rotatable bonds is 6. The van der Waals surface area contributed by atoms with E-state index in [0.29, 0.717) is 5.75 Å². The fraction of sp³-hybridized carbons (Fsp3) is 0.308. The predicted molar refractivity (Wildman–Crippen MR) is 73.2 cm³/mol. The summed E-state index contributed by atoms with van der Waals surface area (Å²) in [5.41, 5.74) is 0. The molecule has 0 atom stereocenters. The summed E-state index contributed by atoms with van der Waals surface area (Å²) in [6, 6.07) is 7.24. The monoisotopic (exact) mass is 281 g/mol. The van der Waals surface area contributed by atoms with Gasteiger partial charge in [-0.2, -0.15) is 0 Å². The summed E-state index contributed by atoms with van der Waals surface area (Å²) in [5.74, 6) is 0.463. The fourth-order valence-electron chi connectivity index (χ4n) is 1.70. The summed E-state index contributed by atoms with van der Waals surface area (Å²) in [6.07, 6.45) is 3.37. The van der Waals surface area contributed by atoms with Crippen molar-refractivity contribution in [3.8, 4) is 5.75 Å². The molecule has 0 unspecified atom stereocenters. The highest BCUT2D eigenvalue weighted by Gasteiger charge is 2.27. The number of phosphoric ester groups is 1. The summed E-state index contributed by atoms with van der Waals surface area (Å²) in [4.78, 5) is 4.04. The van der Waals surface area contributed by atoms with Crippen LogP contribution in [0.25, 0.3) is 10.8 Å². The first-order chi connectivity index (χ1) is 9.18. The topological polar surface area (TPSA) is 57.7 Å². The molecule has 0 saturated carbocycles. The first-order valence-electron chi connectivity index (χ1n) is 6.10. The molecule has 0 saturated heterocycles. The van der Waals surface area contributed by atoms with Gasteiger partial charge in [0.2, 0.25) is 0 Å². The molecule has 0 bridgehead atoms. The van der Waals surface area contributed by atoms with Crippen LogP contribution in [0, 0.1) is 0 Å². The van der Waals surface area contributed by atoms with Gasteiger partial charge in [-0.25, -0.2) is 4.57 Å². The minimum atomic E-state index is -3.57. The second-order valence-electron chi connectivity index (χ2n) is 3.73. The van der Waals surface area contributed by atoms with Gasteiger partial charge in [0.25, 0.3) is 0 Å². The van der Waals surface area contributed by atoms with Gasteiger partial charge in [-0.05, 0) is 26.0 Å². The highest BCUT2D eigenvalue weighted by molar-refractivity contribution is 7.48.